The Hall–Kier alpha value is -0.160. The summed E-state index contributed by atoms with van der Waals surface area (Å²) in [7, 11) is 0. The van der Waals surface area contributed by atoms with Crippen LogP contribution in [0.1, 0.15) is 86.5 Å². The molecule has 0 aliphatic carbocycles. The van der Waals surface area contributed by atoms with Crippen LogP contribution in [-0.2, 0) is 14.2 Å². The van der Waals surface area contributed by atoms with Crippen molar-refractivity contribution in [2.45, 2.75) is 98.5 Å². The van der Waals surface area contributed by atoms with Gasteiger partial charge in [0.1, 0.15) is 0 Å². The minimum absolute atomic E-state index is 0.138. The van der Waals surface area contributed by atoms with Crippen LogP contribution in [0.15, 0.2) is 0 Å². The summed E-state index contributed by atoms with van der Waals surface area (Å²) in [6, 6.07) is 0.138. The molecule has 0 bridgehead atoms. The summed E-state index contributed by atoms with van der Waals surface area (Å²) in [5.74, 6) is -0.937. The topological polar surface area (TPSA) is 30.9 Å². The molecule has 0 saturated carbocycles. The lowest BCUT2D eigenvalue weighted by Crippen LogP contribution is -2.57. The Bertz CT molecular complexity index is 253. The Morgan fingerprint density at radius 1 is 0.667 bits per heavy atom. The molecule has 0 rings (SSSR count). The zero-order chi connectivity index (χ0) is 18.3. The van der Waals surface area contributed by atoms with Crippen LogP contribution in [0.3, 0.4) is 0 Å². The second kappa shape index (κ2) is 15.1. The first-order chi connectivity index (χ1) is 11.7. The van der Waals surface area contributed by atoms with E-state index in [4.69, 9.17) is 14.2 Å². The van der Waals surface area contributed by atoms with Crippen LogP contribution in [0.5, 0.6) is 0 Å². The van der Waals surface area contributed by atoms with Gasteiger partial charge in [-0.05, 0) is 40.3 Å². The van der Waals surface area contributed by atoms with Gasteiger partial charge in [-0.3, -0.25) is 4.90 Å². The fourth-order valence-electron chi connectivity index (χ4n) is 3.38. The predicted molar refractivity (Wildman–Crippen MR) is 102 cm³/mol. The molecule has 0 radical (unpaired) electrons. The van der Waals surface area contributed by atoms with Crippen molar-refractivity contribution in [3.63, 3.8) is 0 Å². The molecule has 0 N–H and O–H groups in total. The van der Waals surface area contributed by atoms with Crippen LogP contribution in [0.25, 0.3) is 0 Å². The van der Waals surface area contributed by atoms with Crippen LogP contribution in [-0.4, -0.2) is 49.8 Å². The van der Waals surface area contributed by atoms with Gasteiger partial charge in [0.15, 0.2) is 0 Å². The number of hydrogen-bond acceptors (Lipinski definition) is 4. The summed E-state index contributed by atoms with van der Waals surface area (Å²) in [6.07, 6.45) is 8.83. The van der Waals surface area contributed by atoms with E-state index in [0.29, 0.717) is 19.8 Å². The fraction of sp³-hybridized carbons (Fsp3) is 1.00. The quantitative estimate of drug-likeness (QED) is 0.267. The molecule has 4 heteroatoms. The molecule has 0 spiro atoms. The second-order valence-electron chi connectivity index (χ2n) is 6.20. The van der Waals surface area contributed by atoms with Gasteiger partial charge in [0.25, 0.3) is 5.97 Å². The maximum atomic E-state index is 6.07. The Morgan fingerprint density at radius 3 is 1.54 bits per heavy atom. The van der Waals surface area contributed by atoms with Crippen LogP contribution < -0.4 is 0 Å². The van der Waals surface area contributed by atoms with E-state index in [2.05, 4.69) is 25.7 Å². The van der Waals surface area contributed by atoms with Crippen LogP contribution in [0.2, 0.25) is 0 Å². The highest BCUT2D eigenvalue weighted by molar-refractivity contribution is 4.81. The first-order valence-corrected chi connectivity index (χ1v) is 10.3. The van der Waals surface area contributed by atoms with Crippen molar-refractivity contribution in [3.8, 4) is 0 Å². The van der Waals surface area contributed by atoms with Crippen LogP contribution >= 0.6 is 0 Å². The number of unbranched alkanes of at least 4 members (excludes halogenated alkanes) is 5. The summed E-state index contributed by atoms with van der Waals surface area (Å²) in [5.41, 5.74) is 0. The molecule has 0 saturated heterocycles. The van der Waals surface area contributed by atoms with E-state index >= 15 is 0 Å². The van der Waals surface area contributed by atoms with E-state index in [-0.39, 0.29) is 6.04 Å². The van der Waals surface area contributed by atoms with Crippen molar-refractivity contribution in [2.75, 3.05) is 32.9 Å². The summed E-state index contributed by atoms with van der Waals surface area (Å²) >= 11 is 0. The maximum absolute atomic E-state index is 6.07. The molecule has 0 amide bonds. The number of rotatable bonds is 17. The number of nitrogens with zero attached hydrogens (tertiary/aromatic N) is 1. The second-order valence-corrected chi connectivity index (χ2v) is 6.20. The van der Waals surface area contributed by atoms with Gasteiger partial charge in [0.05, 0.1) is 6.04 Å². The fourth-order valence-corrected chi connectivity index (χ4v) is 3.38. The van der Waals surface area contributed by atoms with E-state index in [9.17, 15) is 0 Å². The van der Waals surface area contributed by atoms with Gasteiger partial charge >= 0.3 is 0 Å². The van der Waals surface area contributed by atoms with Crippen molar-refractivity contribution in [1.29, 1.82) is 0 Å². The molecule has 0 aromatic carbocycles. The molecular weight excluding hydrogens is 302 g/mol. The highest BCUT2D eigenvalue weighted by Crippen LogP contribution is 2.29. The smallest absolute Gasteiger partial charge is 0.299 e. The molecule has 4 nitrogen and oxygen atoms in total. The molecule has 0 fully saturated rings. The lowest BCUT2D eigenvalue weighted by atomic mass is 10.0. The van der Waals surface area contributed by atoms with E-state index in [0.717, 1.165) is 19.5 Å². The molecule has 0 aliphatic rings. The van der Waals surface area contributed by atoms with Crippen molar-refractivity contribution in [1.82, 2.24) is 4.90 Å². The third-order valence-corrected chi connectivity index (χ3v) is 4.53. The molecule has 0 aliphatic heterocycles. The first-order valence-electron chi connectivity index (χ1n) is 10.3. The summed E-state index contributed by atoms with van der Waals surface area (Å²) in [6.45, 7) is 16.4. The van der Waals surface area contributed by atoms with Gasteiger partial charge in [-0.1, -0.05) is 59.3 Å². The summed E-state index contributed by atoms with van der Waals surface area (Å²) < 4.78 is 18.2. The molecular formula is C20H43NO3. The van der Waals surface area contributed by atoms with E-state index < -0.39 is 5.97 Å². The van der Waals surface area contributed by atoms with Gasteiger partial charge in [-0.25, -0.2) is 0 Å². The summed E-state index contributed by atoms with van der Waals surface area (Å²) in [5, 5.41) is 0. The Labute approximate surface area is 151 Å². The third kappa shape index (κ3) is 8.28. The van der Waals surface area contributed by atoms with Crippen molar-refractivity contribution in [3.05, 3.63) is 0 Å². The first kappa shape index (κ1) is 23.8. The Balaban J connectivity index is 5.01. The minimum atomic E-state index is -0.937. The minimum Gasteiger partial charge on any atom is -0.327 e. The molecule has 24 heavy (non-hydrogen) atoms. The van der Waals surface area contributed by atoms with E-state index in [1.54, 1.807) is 0 Å². The zero-order valence-electron chi connectivity index (χ0n) is 17.2. The number of hydrogen-bond donors (Lipinski definition) is 0. The van der Waals surface area contributed by atoms with Gasteiger partial charge in [0, 0.05) is 19.8 Å². The normalized spacial score (nSPS) is 13.6. The van der Waals surface area contributed by atoms with Crippen LogP contribution in [0.4, 0.5) is 0 Å². The highest BCUT2D eigenvalue weighted by Gasteiger charge is 2.44. The monoisotopic (exact) mass is 345 g/mol. The van der Waals surface area contributed by atoms with Gasteiger partial charge in [-0.15, -0.1) is 0 Å². The van der Waals surface area contributed by atoms with E-state index in [1.165, 1.54) is 38.5 Å². The van der Waals surface area contributed by atoms with Crippen molar-refractivity contribution < 1.29 is 14.2 Å². The predicted octanol–water partition coefficient (Wildman–Crippen LogP) is 5.21. The molecule has 0 aromatic rings. The third-order valence-electron chi connectivity index (χ3n) is 4.53. The largest absolute Gasteiger partial charge is 0.327 e. The maximum Gasteiger partial charge on any atom is 0.299 e. The summed E-state index contributed by atoms with van der Waals surface area (Å²) in [4.78, 5) is 2.42. The van der Waals surface area contributed by atoms with Crippen LogP contribution in [0, 0.1) is 0 Å². The van der Waals surface area contributed by atoms with Gasteiger partial charge in [0.2, 0.25) is 0 Å². The molecule has 1 unspecified atom stereocenters. The molecule has 146 valence electrons. The molecule has 1 atom stereocenters. The van der Waals surface area contributed by atoms with Crippen molar-refractivity contribution >= 4 is 0 Å². The Kier molecular flexibility index (Phi) is 15.0. The lowest BCUT2D eigenvalue weighted by molar-refractivity contribution is -0.400. The average molecular weight is 346 g/mol. The Morgan fingerprint density at radius 2 is 1.12 bits per heavy atom. The lowest BCUT2D eigenvalue weighted by Gasteiger charge is -2.44. The van der Waals surface area contributed by atoms with E-state index in [1.807, 2.05) is 20.8 Å². The van der Waals surface area contributed by atoms with Gasteiger partial charge < -0.3 is 14.2 Å². The molecule has 0 aromatic heterocycles. The zero-order valence-corrected chi connectivity index (χ0v) is 17.2. The SMILES string of the molecule is CCCCCCCCC(N(CC)CC)C(OCC)(OCC)OCC. The standard InChI is InChI=1S/C20H43NO3/c1-7-13-14-15-16-17-18-19(21(8-2)9-3)20(22-10-4,23-11-5)24-12-6/h19H,7-18H2,1-6H3. The number of ether oxygens (including phenoxy) is 3. The average Bonchev–Trinajstić information content (AvgIpc) is 2.57. The number of likely N-dealkylation sites (N-methyl/N-ethyl adjacent to an activating group) is 1. The van der Waals surface area contributed by atoms with Gasteiger partial charge in [-0.2, -0.15) is 0 Å². The molecule has 0 heterocycles. The highest BCUT2D eigenvalue weighted by atomic mass is 16.9. The van der Waals surface area contributed by atoms with Crippen molar-refractivity contribution in [2.24, 2.45) is 0 Å².